The van der Waals surface area contributed by atoms with E-state index < -0.39 is 30.1 Å². The molecular weight excluding hydrogens is 583 g/mol. The van der Waals surface area contributed by atoms with Crippen LogP contribution >= 0.6 is 23.2 Å². The summed E-state index contributed by atoms with van der Waals surface area (Å²) in [5, 5.41) is 24.6. The third-order valence-electron chi connectivity index (χ3n) is 8.37. The van der Waals surface area contributed by atoms with Gasteiger partial charge in [0.1, 0.15) is 18.5 Å². The molecule has 2 aromatic carbocycles. The quantitative estimate of drug-likeness (QED) is 0.344. The number of aldehydes is 1. The number of ether oxygens (including phenoxy) is 2. The van der Waals surface area contributed by atoms with Crippen molar-refractivity contribution in [1.82, 2.24) is 10.2 Å². The van der Waals surface area contributed by atoms with E-state index in [0.717, 1.165) is 25.7 Å². The molecule has 2 aliphatic carbocycles. The summed E-state index contributed by atoms with van der Waals surface area (Å²) in [6.07, 6.45) is 4.51. The fourth-order valence-corrected chi connectivity index (χ4v) is 6.65. The zero-order valence-corrected chi connectivity index (χ0v) is 24.7. The first-order chi connectivity index (χ1) is 20.2. The van der Waals surface area contributed by atoms with Crippen LogP contribution in [0.4, 0.5) is 0 Å². The highest BCUT2D eigenvalue weighted by Crippen LogP contribution is 2.51. The highest BCUT2D eigenvalue weighted by Gasteiger charge is 2.51. The molecule has 0 saturated heterocycles. The fraction of sp³-hybridized carbons (Fsp3) is 0.452. The van der Waals surface area contributed by atoms with E-state index in [1.54, 1.807) is 35.2 Å². The molecular formula is C31H34Cl2N2O7. The van der Waals surface area contributed by atoms with E-state index in [2.05, 4.69) is 5.32 Å². The smallest absolute Gasteiger partial charge is 0.247 e. The predicted octanol–water partition coefficient (Wildman–Crippen LogP) is 4.05. The molecule has 1 heterocycles. The van der Waals surface area contributed by atoms with Gasteiger partial charge < -0.3 is 29.9 Å². The average Bonchev–Trinajstić information content (AvgIpc) is 3.64. The van der Waals surface area contributed by atoms with Crippen molar-refractivity contribution in [3.63, 3.8) is 0 Å². The zero-order chi connectivity index (χ0) is 30.0. The Bertz CT molecular complexity index is 1390. The highest BCUT2D eigenvalue weighted by molar-refractivity contribution is 6.42. The Morgan fingerprint density at radius 3 is 2.60 bits per heavy atom. The summed E-state index contributed by atoms with van der Waals surface area (Å²) in [5.41, 5.74) is 1.83. The molecule has 0 aromatic heterocycles. The van der Waals surface area contributed by atoms with Gasteiger partial charge in [-0.1, -0.05) is 42.1 Å². The number of methoxy groups -OCH3 is 1. The van der Waals surface area contributed by atoms with Gasteiger partial charge in [0, 0.05) is 36.2 Å². The van der Waals surface area contributed by atoms with Crippen molar-refractivity contribution in [2.24, 2.45) is 5.92 Å². The Labute approximate surface area is 254 Å². The summed E-state index contributed by atoms with van der Waals surface area (Å²) < 4.78 is 11.8. The molecule has 4 atom stereocenters. The van der Waals surface area contributed by atoms with Gasteiger partial charge in [0.15, 0.2) is 11.5 Å². The molecule has 42 heavy (non-hydrogen) atoms. The van der Waals surface area contributed by atoms with Crippen LogP contribution in [-0.4, -0.2) is 71.7 Å². The number of fused-ring (bicyclic) bond motifs is 3. The monoisotopic (exact) mass is 616 g/mol. The maximum absolute atomic E-state index is 13.9. The number of nitrogens with zero attached hydrogens (tertiary/aromatic N) is 1. The summed E-state index contributed by atoms with van der Waals surface area (Å²) in [5.74, 6) is -0.495. The van der Waals surface area contributed by atoms with E-state index in [1.165, 1.54) is 13.2 Å². The van der Waals surface area contributed by atoms with Crippen molar-refractivity contribution in [2.45, 2.75) is 62.8 Å². The molecule has 3 N–H and O–H groups in total. The van der Waals surface area contributed by atoms with E-state index >= 15 is 0 Å². The lowest BCUT2D eigenvalue weighted by atomic mass is 9.77. The summed E-state index contributed by atoms with van der Waals surface area (Å²) in [6, 6.07) is 7.34. The van der Waals surface area contributed by atoms with E-state index in [9.17, 15) is 24.6 Å². The first-order valence-corrected chi connectivity index (χ1v) is 14.9. The van der Waals surface area contributed by atoms with Crippen LogP contribution < -0.4 is 14.8 Å². The average molecular weight is 618 g/mol. The topological polar surface area (TPSA) is 125 Å². The molecule has 0 bridgehead atoms. The second-order valence-electron chi connectivity index (χ2n) is 11.0. The van der Waals surface area contributed by atoms with Gasteiger partial charge in [-0.25, -0.2) is 0 Å². The molecule has 5 rings (SSSR count). The lowest BCUT2D eigenvalue weighted by Gasteiger charge is -2.41. The van der Waals surface area contributed by atoms with Crippen molar-refractivity contribution in [3.05, 3.63) is 68.7 Å². The number of nitrogens with one attached hydrogen (secondary N) is 1. The lowest BCUT2D eigenvalue weighted by Crippen LogP contribution is -2.55. The molecule has 11 heteroatoms. The van der Waals surface area contributed by atoms with Crippen LogP contribution in [0, 0.1) is 5.92 Å². The Morgan fingerprint density at radius 2 is 1.93 bits per heavy atom. The SMILES string of the molecule is COc1cc(C=O)cc2c1OC1C2C(C(=O)NCCO)=CC(N(Cc2ccc(Cl)c(Cl)c2)C(=O)CC2CCCC2)C1O. The standard InChI is InChI=1S/C31H34Cl2N2O7/c1-41-25-12-19(16-37)10-20-27-21(31(40)34-8-9-36)14-24(28(39)30(27)42-29(20)25)35(26(38)13-17-4-2-3-5-17)15-18-6-7-22(32)23(33)11-18/h6-7,10-12,14,16-17,24,27-28,30,36,39H,2-5,8-9,13,15H2,1H3,(H,34,40). The number of hydrogen-bond acceptors (Lipinski definition) is 7. The maximum atomic E-state index is 13.9. The van der Waals surface area contributed by atoms with Crippen molar-refractivity contribution in [3.8, 4) is 11.5 Å². The van der Waals surface area contributed by atoms with E-state index in [4.69, 9.17) is 32.7 Å². The molecule has 9 nitrogen and oxygen atoms in total. The lowest BCUT2D eigenvalue weighted by molar-refractivity contribution is -0.139. The predicted molar refractivity (Wildman–Crippen MR) is 157 cm³/mol. The molecule has 2 aromatic rings. The molecule has 1 aliphatic heterocycles. The second-order valence-corrected chi connectivity index (χ2v) is 11.8. The van der Waals surface area contributed by atoms with Gasteiger partial charge in [-0.2, -0.15) is 0 Å². The van der Waals surface area contributed by atoms with Gasteiger partial charge in [-0.05, 0) is 54.7 Å². The van der Waals surface area contributed by atoms with E-state index in [0.29, 0.717) is 50.9 Å². The van der Waals surface area contributed by atoms with Crippen molar-refractivity contribution < 1.29 is 34.1 Å². The maximum Gasteiger partial charge on any atom is 0.247 e. The Morgan fingerprint density at radius 1 is 1.17 bits per heavy atom. The number of carbonyl (C=O) groups is 3. The van der Waals surface area contributed by atoms with Crippen LogP contribution in [0.1, 0.15) is 59.5 Å². The van der Waals surface area contributed by atoms with Gasteiger partial charge in [0.05, 0.1) is 35.7 Å². The molecule has 4 unspecified atom stereocenters. The first-order valence-electron chi connectivity index (χ1n) is 14.1. The summed E-state index contributed by atoms with van der Waals surface area (Å²) in [6.45, 7) is -0.131. The van der Waals surface area contributed by atoms with Crippen molar-refractivity contribution in [2.75, 3.05) is 20.3 Å². The Balaban J connectivity index is 1.58. The number of rotatable bonds is 10. The van der Waals surface area contributed by atoms with Gasteiger partial charge >= 0.3 is 0 Å². The van der Waals surface area contributed by atoms with Gasteiger partial charge in [0.2, 0.25) is 11.8 Å². The Hall–Kier alpha value is -3.11. The molecule has 1 fully saturated rings. The van der Waals surface area contributed by atoms with E-state index in [-0.39, 0.29) is 37.1 Å². The summed E-state index contributed by atoms with van der Waals surface area (Å²) in [7, 11) is 1.44. The number of hydrogen-bond donors (Lipinski definition) is 3. The summed E-state index contributed by atoms with van der Waals surface area (Å²) >= 11 is 12.4. The van der Waals surface area contributed by atoms with Crippen molar-refractivity contribution >= 4 is 41.3 Å². The molecule has 0 spiro atoms. The van der Waals surface area contributed by atoms with Gasteiger partial charge in [0.25, 0.3) is 0 Å². The normalized spacial score (nSPS) is 22.9. The number of amides is 2. The zero-order valence-electron chi connectivity index (χ0n) is 23.2. The van der Waals surface area contributed by atoms with Crippen LogP contribution in [0.3, 0.4) is 0 Å². The van der Waals surface area contributed by atoms with Crippen LogP contribution in [0.25, 0.3) is 0 Å². The highest BCUT2D eigenvalue weighted by atomic mass is 35.5. The Kier molecular flexibility index (Phi) is 9.42. The minimum atomic E-state index is -1.23. The van der Waals surface area contributed by atoms with Gasteiger partial charge in [-0.3, -0.25) is 14.4 Å². The third kappa shape index (κ3) is 6.01. The fourth-order valence-electron chi connectivity index (χ4n) is 6.33. The summed E-state index contributed by atoms with van der Waals surface area (Å²) in [4.78, 5) is 40.7. The molecule has 224 valence electrons. The van der Waals surface area contributed by atoms with Crippen LogP contribution in [0.15, 0.2) is 42.0 Å². The number of aliphatic hydroxyl groups excluding tert-OH is 2. The number of aliphatic hydroxyl groups is 2. The molecule has 3 aliphatic rings. The van der Waals surface area contributed by atoms with Crippen LogP contribution in [0.5, 0.6) is 11.5 Å². The van der Waals surface area contributed by atoms with E-state index in [1.807, 2.05) is 0 Å². The largest absolute Gasteiger partial charge is 0.493 e. The first kappa shape index (κ1) is 30.4. The van der Waals surface area contributed by atoms with Crippen LogP contribution in [-0.2, 0) is 16.1 Å². The van der Waals surface area contributed by atoms with Crippen molar-refractivity contribution in [1.29, 1.82) is 0 Å². The molecule has 0 radical (unpaired) electrons. The number of carbonyl (C=O) groups excluding carboxylic acids is 3. The molecule has 1 saturated carbocycles. The number of benzene rings is 2. The minimum absolute atomic E-state index is 0.0137. The van der Waals surface area contributed by atoms with Gasteiger partial charge in [-0.15, -0.1) is 0 Å². The van der Waals surface area contributed by atoms with Crippen LogP contribution in [0.2, 0.25) is 10.0 Å². The minimum Gasteiger partial charge on any atom is -0.493 e. The molecule has 2 amide bonds. The second kappa shape index (κ2) is 13.0. The third-order valence-corrected chi connectivity index (χ3v) is 9.11. The number of halogens is 2.